The van der Waals surface area contributed by atoms with Crippen molar-refractivity contribution >= 4 is 5.57 Å². The third kappa shape index (κ3) is 3.33. The van der Waals surface area contributed by atoms with Crippen LogP contribution in [0.4, 0.5) is 0 Å². The Kier molecular flexibility index (Phi) is 5.98. The summed E-state index contributed by atoms with van der Waals surface area (Å²) in [6.45, 7) is 8.13. The first-order valence-electron chi connectivity index (χ1n) is 4.38. The average molecular weight is 163 g/mol. The molecule has 0 aromatic carbocycles. The molecule has 66 valence electrons. The molecule has 1 heterocycles. The first-order valence-corrected chi connectivity index (χ1v) is 4.38. The van der Waals surface area contributed by atoms with Crippen LogP contribution < -0.4 is 0 Å². The Morgan fingerprint density at radius 3 is 2.17 bits per heavy atom. The van der Waals surface area contributed by atoms with E-state index in [1.54, 1.807) is 0 Å². The molecule has 0 amide bonds. The van der Waals surface area contributed by atoms with Crippen molar-refractivity contribution in [1.82, 2.24) is 4.98 Å². The predicted octanol–water partition coefficient (Wildman–Crippen LogP) is 3.53. The standard InChI is InChI=1S/C9H11N.C2H6/c1-3-8(2)9-4-6-10-7-5-9;1-2/h3-7H,1-2H3;1-2H3/b8-3+;. The molecule has 0 N–H and O–H groups in total. The van der Waals surface area contributed by atoms with E-state index in [-0.39, 0.29) is 0 Å². The molecule has 0 saturated carbocycles. The van der Waals surface area contributed by atoms with E-state index in [4.69, 9.17) is 0 Å². The van der Waals surface area contributed by atoms with Gasteiger partial charge in [-0.05, 0) is 37.1 Å². The van der Waals surface area contributed by atoms with Crippen LogP contribution in [0.5, 0.6) is 0 Å². The fourth-order valence-electron chi connectivity index (χ4n) is 0.781. The van der Waals surface area contributed by atoms with Gasteiger partial charge >= 0.3 is 0 Å². The van der Waals surface area contributed by atoms with E-state index in [2.05, 4.69) is 18.0 Å². The van der Waals surface area contributed by atoms with Crippen LogP contribution >= 0.6 is 0 Å². The molecule has 1 heteroatoms. The highest BCUT2D eigenvalue weighted by molar-refractivity contribution is 5.62. The molecule has 0 unspecified atom stereocenters. The SMILES string of the molecule is C/C=C(\C)c1ccncc1.CC. The van der Waals surface area contributed by atoms with E-state index in [1.165, 1.54) is 11.1 Å². The summed E-state index contributed by atoms with van der Waals surface area (Å²) in [7, 11) is 0. The van der Waals surface area contributed by atoms with Gasteiger partial charge in [0.1, 0.15) is 0 Å². The Balaban J connectivity index is 0.000000561. The summed E-state index contributed by atoms with van der Waals surface area (Å²) in [5, 5.41) is 0. The van der Waals surface area contributed by atoms with Crippen LogP contribution in [0, 0.1) is 0 Å². The highest BCUT2D eigenvalue weighted by Gasteiger charge is 1.89. The third-order valence-electron chi connectivity index (χ3n) is 1.57. The van der Waals surface area contributed by atoms with E-state index in [9.17, 15) is 0 Å². The number of aromatic nitrogens is 1. The van der Waals surface area contributed by atoms with Crippen molar-refractivity contribution in [3.05, 3.63) is 36.2 Å². The molecular weight excluding hydrogens is 146 g/mol. The van der Waals surface area contributed by atoms with Crippen LogP contribution in [0.2, 0.25) is 0 Å². The Hall–Kier alpha value is -1.11. The van der Waals surface area contributed by atoms with Crippen molar-refractivity contribution in [2.45, 2.75) is 27.7 Å². The molecule has 0 aliphatic heterocycles. The van der Waals surface area contributed by atoms with Gasteiger partial charge in [0.2, 0.25) is 0 Å². The molecule has 0 aliphatic rings. The molecule has 0 aliphatic carbocycles. The minimum absolute atomic E-state index is 1.25. The molecule has 1 nitrogen and oxygen atoms in total. The van der Waals surface area contributed by atoms with Gasteiger partial charge in [-0.1, -0.05) is 19.9 Å². The minimum atomic E-state index is 1.25. The zero-order valence-electron chi connectivity index (χ0n) is 8.33. The van der Waals surface area contributed by atoms with Gasteiger partial charge in [0.25, 0.3) is 0 Å². The van der Waals surface area contributed by atoms with Gasteiger partial charge in [0.05, 0.1) is 0 Å². The maximum atomic E-state index is 3.93. The molecule has 0 fully saturated rings. The quantitative estimate of drug-likeness (QED) is 0.617. The number of allylic oxidation sites excluding steroid dienone is 2. The summed E-state index contributed by atoms with van der Waals surface area (Å²) < 4.78 is 0. The number of hydrogen-bond acceptors (Lipinski definition) is 1. The molecule has 0 bridgehead atoms. The summed E-state index contributed by atoms with van der Waals surface area (Å²) in [5.41, 5.74) is 2.54. The van der Waals surface area contributed by atoms with Crippen LogP contribution in [-0.4, -0.2) is 4.98 Å². The van der Waals surface area contributed by atoms with Crippen molar-refractivity contribution in [1.29, 1.82) is 0 Å². The van der Waals surface area contributed by atoms with Crippen LogP contribution in [0.3, 0.4) is 0 Å². The number of nitrogens with zero attached hydrogens (tertiary/aromatic N) is 1. The van der Waals surface area contributed by atoms with Crippen molar-refractivity contribution < 1.29 is 0 Å². The Morgan fingerprint density at radius 2 is 1.75 bits per heavy atom. The summed E-state index contributed by atoms with van der Waals surface area (Å²) in [4.78, 5) is 3.93. The topological polar surface area (TPSA) is 12.9 Å². The van der Waals surface area contributed by atoms with E-state index in [1.807, 2.05) is 45.3 Å². The number of rotatable bonds is 1. The Morgan fingerprint density at radius 1 is 1.25 bits per heavy atom. The molecule has 0 spiro atoms. The number of pyridine rings is 1. The lowest BCUT2D eigenvalue weighted by atomic mass is 10.1. The molecule has 1 aromatic rings. The smallest absolute Gasteiger partial charge is 0.0273 e. The summed E-state index contributed by atoms with van der Waals surface area (Å²) in [6.07, 6.45) is 5.71. The molecule has 12 heavy (non-hydrogen) atoms. The van der Waals surface area contributed by atoms with Crippen LogP contribution in [0.1, 0.15) is 33.3 Å². The first kappa shape index (κ1) is 10.9. The van der Waals surface area contributed by atoms with Gasteiger partial charge in [0.15, 0.2) is 0 Å². The van der Waals surface area contributed by atoms with Crippen molar-refractivity contribution in [2.24, 2.45) is 0 Å². The fraction of sp³-hybridized carbons (Fsp3) is 0.364. The molecule has 1 rings (SSSR count). The van der Waals surface area contributed by atoms with Gasteiger partial charge in [-0.3, -0.25) is 4.98 Å². The molecule has 0 saturated heterocycles. The number of hydrogen-bond donors (Lipinski definition) is 0. The van der Waals surface area contributed by atoms with Crippen LogP contribution in [0.15, 0.2) is 30.6 Å². The normalized spacial score (nSPS) is 10.2. The van der Waals surface area contributed by atoms with E-state index in [0.717, 1.165) is 0 Å². The van der Waals surface area contributed by atoms with Crippen LogP contribution in [0.25, 0.3) is 5.57 Å². The maximum Gasteiger partial charge on any atom is 0.0273 e. The lowest BCUT2D eigenvalue weighted by Crippen LogP contribution is -1.77. The highest BCUT2D eigenvalue weighted by atomic mass is 14.6. The van der Waals surface area contributed by atoms with E-state index >= 15 is 0 Å². The zero-order chi connectivity index (χ0) is 9.40. The van der Waals surface area contributed by atoms with Crippen molar-refractivity contribution in [3.8, 4) is 0 Å². The van der Waals surface area contributed by atoms with Gasteiger partial charge in [-0.2, -0.15) is 0 Å². The third-order valence-corrected chi connectivity index (χ3v) is 1.57. The van der Waals surface area contributed by atoms with Crippen LogP contribution in [-0.2, 0) is 0 Å². The molecule has 0 radical (unpaired) electrons. The van der Waals surface area contributed by atoms with Gasteiger partial charge < -0.3 is 0 Å². The van der Waals surface area contributed by atoms with Crippen molar-refractivity contribution in [2.75, 3.05) is 0 Å². The monoisotopic (exact) mass is 163 g/mol. The van der Waals surface area contributed by atoms with Gasteiger partial charge in [0, 0.05) is 12.4 Å². The van der Waals surface area contributed by atoms with E-state index < -0.39 is 0 Å². The second kappa shape index (κ2) is 6.59. The lowest BCUT2D eigenvalue weighted by molar-refractivity contribution is 1.31. The second-order valence-corrected chi connectivity index (χ2v) is 2.21. The average Bonchev–Trinajstić information content (AvgIpc) is 2.21. The Bertz CT molecular complexity index is 224. The largest absolute Gasteiger partial charge is 0.265 e. The maximum absolute atomic E-state index is 3.93. The summed E-state index contributed by atoms with van der Waals surface area (Å²) in [5.74, 6) is 0. The molecule has 1 aromatic heterocycles. The van der Waals surface area contributed by atoms with Crippen molar-refractivity contribution in [3.63, 3.8) is 0 Å². The fourth-order valence-corrected chi connectivity index (χ4v) is 0.781. The first-order chi connectivity index (χ1) is 5.84. The minimum Gasteiger partial charge on any atom is -0.265 e. The molecule has 0 atom stereocenters. The zero-order valence-corrected chi connectivity index (χ0v) is 8.33. The van der Waals surface area contributed by atoms with E-state index in [0.29, 0.717) is 0 Å². The summed E-state index contributed by atoms with van der Waals surface area (Å²) >= 11 is 0. The van der Waals surface area contributed by atoms with Gasteiger partial charge in [-0.25, -0.2) is 0 Å². The predicted molar refractivity (Wildman–Crippen MR) is 54.9 cm³/mol. The summed E-state index contributed by atoms with van der Waals surface area (Å²) in [6, 6.07) is 4.02. The Labute approximate surface area is 75.2 Å². The highest BCUT2D eigenvalue weighted by Crippen LogP contribution is 2.10. The molecular formula is C11H17N. The van der Waals surface area contributed by atoms with Gasteiger partial charge in [-0.15, -0.1) is 0 Å². The lowest BCUT2D eigenvalue weighted by Gasteiger charge is -1.96. The second-order valence-electron chi connectivity index (χ2n) is 2.21.